The molecule has 0 unspecified atom stereocenters. The number of aryl methyl sites for hydroxylation is 1. The molecule has 0 spiro atoms. The summed E-state index contributed by atoms with van der Waals surface area (Å²) >= 11 is 9.32. The van der Waals surface area contributed by atoms with Crippen molar-refractivity contribution in [2.45, 2.75) is 6.92 Å². The number of hydrogen-bond donors (Lipinski definition) is 1. The van der Waals surface area contributed by atoms with Crippen LogP contribution < -0.4 is 4.74 Å². The summed E-state index contributed by atoms with van der Waals surface area (Å²) in [6.07, 6.45) is 0. The zero-order valence-electron chi connectivity index (χ0n) is 9.62. The SMILES string of the molecule is COc1cc(C(=O)O)cc2c(C)c(Br)c(Cl)nc12. The average Bonchev–Trinajstić information content (AvgIpc) is 2.35. The molecule has 0 aliphatic carbocycles. The molecular weight excluding hydrogens is 321 g/mol. The highest BCUT2D eigenvalue weighted by molar-refractivity contribution is 9.10. The molecule has 1 heterocycles. The molecule has 0 saturated carbocycles. The standard InChI is InChI=1S/C12H9BrClNO3/c1-5-7-3-6(12(16)17)4-8(18-2)10(7)15-11(14)9(5)13/h3-4H,1-2H3,(H,16,17). The second-order valence-electron chi connectivity index (χ2n) is 3.72. The fourth-order valence-electron chi connectivity index (χ4n) is 1.71. The molecule has 0 radical (unpaired) electrons. The van der Waals surface area contributed by atoms with Crippen LogP contribution in [0.1, 0.15) is 15.9 Å². The number of pyridine rings is 1. The summed E-state index contributed by atoms with van der Waals surface area (Å²) in [7, 11) is 1.47. The molecule has 0 amide bonds. The highest BCUT2D eigenvalue weighted by Crippen LogP contribution is 2.35. The van der Waals surface area contributed by atoms with Gasteiger partial charge in [-0.3, -0.25) is 0 Å². The third-order valence-corrected chi connectivity index (χ3v) is 4.14. The van der Waals surface area contributed by atoms with Crippen LogP contribution in [0.25, 0.3) is 10.9 Å². The molecule has 0 fully saturated rings. The van der Waals surface area contributed by atoms with E-state index in [0.29, 0.717) is 26.3 Å². The summed E-state index contributed by atoms with van der Waals surface area (Å²) in [5, 5.41) is 10.1. The van der Waals surface area contributed by atoms with Gasteiger partial charge in [-0.25, -0.2) is 9.78 Å². The largest absolute Gasteiger partial charge is 0.494 e. The van der Waals surface area contributed by atoms with Crippen molar-refractivity contribution in [1.82, 2.24) is 4.98 Å². The summed E-state index contributed by atoms with van der Waals surface area (Å²) in [4.78, 5) is 15.3. The van der Waals surface area contributed by atoms with Crippen LogP contribution in [0.3, 0.4) is 0 Å². The van der Waals surface area contributed by atoms with Crippen LogP contribution in [0.15, 0.2) is 16.6 Å². The molecule has 1 aromatic heterocycles. The number of aromatic nitrogens is 1. The smallest absolute Gasteiger partial charge is 0.335 e. The number of nitrogens with zero attached hydrogens (tertiary/aromatic N) is 1. The summed E-state index contributed by atoms with van der Waals surface area (Å²) in [6, 6.07) is 2.99. The number of halogens is 2. The average molecular weight is 331 g/mol. The molecule has 2 aromatic rings. The number of hydrogen-bond acceptors (Lipinski definition) is 3. The Bertz CT molecular complexity index is 658. The number of carbonyl (C=O) groups is 1. The Balaban J connectivity index is 2.92. The number of methoxy groups -OCH3 is 1. The third kappa shape index (κ3) is 2.04. The highest BCUT2D eigenvalue weighted by atomic mass is 79.9. The molecule has 0 bridgehead atoms. The number of aromatic carboxylic acids is 1. The molecule has 0 aliphatic heterocycles. The van der Waals surface area contributed by atoms with E-state index in [1.807, 2.05) is 6.92 Å². The van der Waals surface area contributed by atoms with E-state index < -0.39 is 5.97 Å². The van der Waals surface area contributed by atoms with Crippen molar-refractivity contribution in [3.63, 3.8) is 0 Å². The minimum Gasteiger partial charge on any atom is -0.494 e. The second kappa shape index (κ2) is 4.74. The number of ether oxygens (including phenoxy) is 1. The van der Waals surface area contributed by atoms with Crippen LogP contribution in [0.5, 0.6) is 5.75 Å². The van der Waals surface area contributed by atoms with Crippen LogP contribution in [-0.4, -0.2) is 23.2 Å². The van der Waals surface area contributed by atoms with Gasteiger partial charge in [0.05, 0.1) is 17.1 Å². The van der Waals surface area contributed by atoms with Crippen LogP contribution >= 0.6 is 27.5 Å². The van der Waals surface area contributed by atoms with Crippen molar-refractivity contribution in [3.8, 4) is 5.75 Å². The maximum atomic E-state index is 11.1. The monoisotopic (exact) mass is 329 g/mol. The Morgan fingerprint density at radius 3 is 2.72 bits per heavy atom. The molecule has 2 rings (SSSR count). The number of rotatable bonds is 2. The number of carboxylic acid groups (broad SMARTS) is 1. The van der Waals surface area contributed by atoms with Crippen LogP contribution in [0, 0.1) is 6.92 Å². The van der Waals surface area contributed by atoms with E-state index in [1.54, 1.807) is 6.07 Å². The van der Waals surface area contributed by atoms with Crippen molar-refractivity contribution in [2.24, 2.45) is 0 Å². The van der Waals surface area contributed by atoms with E-state index in [1.165, 1.54) is 13.2 Å². The first-order chi connectivity index (χ1) is 8.45. The molecule has 1 N–H and O–H groups in total. The Morgan fingerprint density at radius 1 is 1.50 bits per heavy atom. The number of carboxylic acids is 1. The first-order valence-electron chi connectivity index (χ1n) is 5.02. The minimum atomic E-state index is -1.01. The lowest BCUT2D eigenvalue weighted by Crippen LogP contribution is -2.00. The van der Waals surface area contributed by atoms with Crippen LogP contribution in [-0.2, 0) is 0 Å². The van der Waals surface area contributed by atoms with E-state index in [0.717, 1.165) is 5.56 Å². The first kappa shape index (κ1) is 13.1. The third-order valence-electron chi connectivity index (χ3n) is 2.67. The van der Waals surface area contributed by atoms with Gasteiger partial charge in [0, 0.05) is 5.39 Å². The molecule has 94 valence electrons. The van der Waals surface area contributed by atoms with Crippen molar-refractivity contribution in [3.05, 3.63) is 32.9 Å². The zero-order chi connectivity index (χ0) is 13.4. The van der Waals surface area contributed by atoms with Crippen LogP contribution in [0.2, 0.25) is 5.15 Å². The summed E-state index contributed by atoms with van der Waals surface area (Å²) < 4.78 is 5.82. The quantitative estimate of drug-likeness (QED) is 0.854. The van der Waals surface area contributed by atoms with Gasteiger partial charge in [0.15, 0.2) is 0 Å². The Hall–Kier alpha value is -1.33. The van der Waals surface area contributed by atoms with E-state index in [2.05, 4.69) is 20.9 Å². The highest BCUT2D eigenvalue weighted by Gasteiger charge is 2.15. The number of benzene rings is 1. The lowest BCUT2D eigenvalue weighted by atomic mass is 10.1. The maximum absolute atomic E-state index is 11.1. The molecular formula is C12H9BrClNO3. The van der Waals surface area contributed by atoms with Gasteiger partial charge in [-0.1, -0.05) is 11.6 Å². The molecule has 4 nitrogen and oxygen atoms in total. The van der Waals surface area contributed by atoms with Gasteiger partial charge in [-0.15, -0.1) is 0 Å². The predicted octanol–water partition coefficient (Wildman–Crippen LogP) is 3.67. The minimum absolute atomic E-state index is 0.151. The van der Waals surface area contributed by atoms with Crippen molar-refractivity contribution in [1.29, 1.82) is 0 Å². The molecule has 6 heteroatoms. The fraction of sp³-hybridized carbons (Fsp3) is 0.167. The zero-order valence-corrected chi connectivity index (χ0v) is 12.0. The van der Waals surface area contributed by atoms with Crippen molar-refractivity contribution in [2.75, 3.05) is 7.11 Å². The van der Waals surface area contributed by atoms with Gasteiger partial charge in [-0.05, 0) is 40.5 Å². The van der Waals surface area contributed by atoms with Gasteiger partial charge in [0.1, 0.15) is 16.4 Å². The Kier molecular flexibility index (Phi) is 3.45. The van der Waals surface area contributed by atoms with Crippen molar-refractivity contribution >= 4 is 44.4 Å². The summed E-state index contributed by atoms with van der Waals surface area (Å²) in [6.45, 7) is 1.84. The number of fused-ring (bicyclic) bond motifs is 1. The first-order valence-corrected chi connectivity index (χ1v) is 6.19. The maximum Gasteiger partial charge on any atom is 0.335 e. The molecule has 0 atom stereocenters. The Labute approximate surface area is 117 Å². The van der Waals surface area contributed by atoms with E-state index in [9.17, 15) is 4.79 Å². The fourth-order valence-corrected chi connectivity index (χ4v) is 2.24. The van der Waals surface area contributed by atoms with Crippen molar-refractivity contribution < 1.29 is 14.6 Å². The van der Waals surface area contributed by atoms with Gasteiger partial charge in [-0.2, -0.15) is 0 Å². The lowest BCUT2D eigenvalue weighted by molar-refractivity contribution is 0.0696. The second-order valence-corrected chi connectivity index (χ2v) is 4.87. The summed E-state index contributed by atoms with van der Waals surface area (Å²) in [5.74, 6) is -0.622. The van der Waals surface area contributed by atoms with E-state index in [4.69, 9.17) is 21.4 Å². The van der Waals surface area contributed by atoms with E-state index >= 15 is 0 Å². The van der Waals surface area contributed by atoms with Gasteiger partial charge < -0.3 is 9.84 Å². The predicted molar refractivity (Wildman–Crippen MR) is 72.7 cm³/mol. The lowest BCUT2D eigenvalue weighted by Gasteiger charge is -2.10. The molecule has 1 aromatic carbocycles. The normalized spacial score (nSPS) is 10.7. The topological polar surface area (TPSA) is 59.4 Å². The summed E-state index contributed by atoms with van der Waals surface area (Å²) in [5.41, 5.74) is 1.53. The van der Waals surface area contributed by atoms with Crippen LogP contribution in [0.4, 0.5) is 0 Å². The van der Waals surface area contributed by atoms with Gasteiger partial charge >= 0.3 is 5.97 Å². The molecule has 0 saturated heterocycles. The molecule has 0 aliphatic rings. The van der Waals surface area contributed by atoms with Gasteiger partial charge in [0.25, 0.3) is 0 Å². The van der Waals surface area contributed by atoms with E-state index in [-0.39, 0.29) is 5.56 Å². The Morgan fingerprint density at radius 2 is 2.17 bits per heavy atom. The van der Waals surface area contributed by atoms with Gasteiger partial charge in [0.2, 0.25) is 0 Å². The molecule has 18 heavy (non-hydrogen) atoms.